The summed E-state index contributed by atoms with van der Waals surface area (Å²) >= 11 is 3.66. The van der Waals surface area contributed by atoms with Crippen LogP contribution in [-0.4, -0.2) is 38.2 Å². The summed E-state index contributed by atoms with van der Waals surface area (Å²) in [7, 11) is 1.79. The van der Waals surface area contributed by atoms with Crippen LogP contribution in [0.3, 0.4) is 0 Å². The molecule has 2 aliphatic rings. The molecule has 1 atom stereocenters. The Bertz CT molecular complexity index is 474. The predicted molar refractivity (Wildman–Crippen MR) is 109 cm³/mol. The van der Waals surface area contributed by atoms with E-state index in [4.69, 9.17) is 4.74 Å². The Balaban J connectivity index is 0.00000144. The van der Waals surface area contributed by atoms with Crippen LogP contribution in [0, 0.1) is 5.92 Å². The fourth-order valence-corrected chi connectivity index (χ4v) is 4.47. The number of ether oxygens (including phenoxy) is 1. The standard InChI is InChI=1S/C18H27BrN2O.2ClH/c1-22-17-8-7-15(19)13-16(17)18(14-5-3-2-4-6-14)21-11-9-20-10-12-21;;/h7-8,13-14,18,20H,2-6,9-12H2,1H3;2*1H/t18-;;/m1../s1. The minimum Gasteiger partial charge on any atom is -0.496 e. The van der Waals surface area contributed by atoms with Gasteiger partial charge in [0.25, 0.3) is 0 Å². The first-order valence-electron chi connectivity index (χ1n) is 8.58. The molecule has 1 aromatic rings. The van der Waals surface area contributed by atoms with Crippen molar-refractivity contribution in [3.8, 4) is 5.75 Å². The third-order valence-electron chi connectivity index (χ3n) is 5.15. The molecule has 138 valence electrons. The van der Waals surface area contributed by atoms with Crippen molar-refractivity contribution in [1.82, 2.24) is 10.2 Å². The first-order valence-corrected chi connectivity index (χ1v) is 9.37. The second-order valence-corrected chi connectivity index (χ2v) is 7.43. The van der Waals surface area contributed by atoms with Gasteiger partial charge in [0.05, 0.1) is 7.11 Å². The van der Waals surface area contributed by atoms with E-state index < -0.39 is 0 Å². The van der Waals surface area contributed by atoms with E-state index in [2.05, 4.69) is 44.3 Å². The molecule has 3 rings (SSSR count). The van der Waals surface area contributed by atoms with Gasteiger partial charge in [0.15, 0.2) is 0 Å². The number of nitrogens with zero attached hydrogens (tertiary/aromatic N) is 1. The van der Waals surface area contributed by atoms with Gasteiger partial charge in [-0.05, 0) is 37.0 Å². The van der Waals surface area contributed by atoms with Gasteiger partial charge in [-0.2, -0.15) is 0 Å². The van der Waals surface area contributed by atoms with Gasteiger partial charge in [-0.1, -0.05) is 35.2 Å². The Hall–Kier alpha value is -0.000000000000000222. The second-order valence-electron chi connectivity index (χ2n) is 6.52. The summed E-state index contributed by atoms with van der Waals surface area (Å²) in [5, 5.41) is 3.48. The van der Waals surface area contributed by atoms with E-state index in [1.165, 1.54) is 37.7 Å². The van der Waals surface area contributed by atoms with Crippen molar-refractivity contribution in [2.75, 3.05) is 33.3 Å². The lowest BCUT2D eigenvalue weighted by atomic mass is 9.80. The van der Waals surface area contributed by atoms with Crippen molar-refractivity contribution in [2.45, 2.75) is 38.1 Å². The molecule has 1 aliphatic heterocycles. The number of halogens is 3. The number of hydrogen-bond acceptors (Lipinski definition) is 3. The first kappa shape index (κ1) is 22.0. The first-order chi connectivity index (χ1) is 10.8. The van der Waals surface area contributed by atoms with Crippen LogP contribution in [0.4, 0.5) is 0 Å². The van der Waals surface area contributed by atoms with Crippen LogP contribution in [0.25, 0.3) is 0 Å². The zero-order valence-electron chi connectivity index (χ0n) is 14.3. The van der Waals surface area contributed by atoms with Gasteiger partial charge in [-0.15, -0.1) is 24.8 Å². The van der Waals surface area contributed by atoms with E-state index in [1.54, 1.807) is 7.11 Å². The lowest BCUT2D eigenvalue weighted by molar-refractivity contribution is 0.101. The zero-order chi connectivity index (χ0) is 15.4. The summed E-state index contributed by atoms with van der Waals surface area (Å²) in [6.07, 6.45) is 6.86. The van der Waals surface area contributed by atoms with Crippen molar-refractivity contribution >= 4 is 40.7 Å². The molecule has 0 bridgehead atoms. The minimum atomic E-state index is 0. The number of methoxy groups -OCH3 is 1. The van der Waals surface area contributed by atoms with Gasteiger partial charge >= 0.3 is 0 Å². The smallest absolute Gasteiger partial charge is 0.123 e. The van der Waals surface area contributed by atoms with E-state index >= 15 is 0 Å². The molecule has 0 unspecified atom stereocenters. The average molecular weight is 440 g/mol. The van der Waals surface area contributed by atoms with Crippen molar-refractivity contribution in [3.63, 3.8) is 0 Å². The van der Waals surface area contributed by atoms with Gasteiger partial charge in [-0.3, -0.25) is 4.90 Å². The number of nitrogens with one attached hydrogen (secondary N) is 1. The average Bonchev–Trinajstić information content (AvgIpc) is 2.57. The van der Waals surface area contributed by atoms with E-state index in [0.717, 1.165) is 42.3 Å². The largest absolute Gasteiger partial charge is 0.496 e. The molecule has 24 heavy (non-hydrogen) atoms. The molecule has 6 heteroatoms. The molecule has 0 aromatic heterocycles. The van der Waals surface area contributed by atoms with Crippen molar-refractivity contribution in [2.24, 2.45) is 5.92 Å². The lowest BCUT2D eigenvalue weighted by Crippen LogP contribution is -2.47. The molecular weight excluding hydrogens is 411 g/mol. The molecule has 1 N–H and O–H groups in total. The van der Waals surface area contributed by atoms with E-state index in [-0.39, 0.29) is 24.8 Å². The summed E-state index contributed by atoms with van der Waals surface area (Å²) in [6, 6.07) is 6.96. The molecule has 2 fully saturated rings. The Morgan fingerprint density at radius 2 is 1.79 bits per heavy atom. The highest BCUT2D eigenvalue weighted by Crippen LogP contribution is 2.42. The van der Waals surface area contributed by atoms with E-state index in [0.29, 0.717) is 6.04 Å². The van der Waals surface area contributed by atoms with Crippen LogP contribution in [0.5, 0.6) is 5.75 Å². The van der Waals surface area contributed by atoms with Crippen LogP contribution < -0.4 is 10.1 Å². The number of benzene rings is 1. The van der Waals surface area contributed by atoms with Crippen LogP contribution in [0.1, 0.15) is 43.7 Å². The molecule has 0 amide bonds. The predicted octanol–water partition coefficient (Wildman–Crippen LogP) is 4.83. The van der Waals surface area contributed by atoms with Crippen LogP contribution in [0.2, 0.25) is 0 Å². The van der Waals surface area contributed by atoms with Gasteiger partial charge < -0.3 is 10.1 Å². The third kappa shape index (κ3) is 5.25. The summed E-state index contributed by atoms with van der Waals surface area (Å²) in [5.74, 6) is 1.80. The fourth-order valence-electron chi connectivity index (χ4n) is 4.10. The second kappa shape index (κ2) is 10.9. The van der Waals surface area contributed by atoms with Gasteiger partial charge in [0.2, 0.25) is 0 Å². The quantitative estimate of drug-likeness (QED) is 0.727. The van der Waals surface area contributed by atoms with Crippen LogP contribution >= 0.6 is 40.7 Å². The van der Waals surface area contributed by atoms with Crippen molar-refractivity contribution in [3.05, 3.63) is 28.2 Å². The number of hydrogen-bond donors (Lipinski definition) is 1. The van der Waals surface area contributed by atoms with Gasteiger partial charge in [-0.25, -0.2) is 0 Å². The maximum atomic E-state index is 5.70. The molecule has 3 nitrogen and oxygen atoms in total. The maximum absolute atomic E-state index is 5.70. The highest BCUT2D eigenvalue weighted by Gasteiger charge is 2.32. The fraction of sp³-hybridized carbons (Fsp3) is 0.667. The zero-order valence-corrected chi connectivity index (χ0v) is 17.5. The topological polar surface area (TPSA) is 24.5 Å². The Labute approximate surface area is 166 Å². The molecule has 1 saturated heterocycles. The Morgan fingerprint density at radius 3 is 2.42 bits per heavy atom. The molecule has 1 aliphatic carbocycles. The van der Waals surface area contributed by atoms with Crippen LogP contribution in [-0.2, 0) is 0 Å². The third-order valence-corrected chi connectivity index (χ3v) is 5.64. The molecule has 1 heterocycles. The summed E-state index contributed by atoms with van der Waals surface area (Å²) in [5.41, 5.74) is 1.37. The highest BCUT2D eigenvalue weighted by atomic mass is 79.9. The Kier molecular flexibility index (Phi) is 9.98. The van der Waals surface area contributed by atoms with Crippen molar-refractivity contribution < 1.29 is 4.74 Å². The SMILES string of the molecule is COc1ccc(Br)cc1[C@@H](C1CCCCC1)N1CCNCC1.Cl.Cl. The van der Waals surface area contributed by atoms with E-state index in [1.807, 2.05) is 0 Å². The van der Waals surface area contributed by atoms with Gasteiger partial charge in [0.1, 0.15) is 5.75 Å². The Morgan fingerprint density at radius 1 is 1.12 bits per heavy atom. The molecule has 1 aromatic carbocycles. The number of rotatable bonds is 4. The molecular formula is C18H29BrCl2N2O. The summed E-state index contributed by atoms with van der Waals surface area (Å²) in [4.78, 5) is 2.68. The normalized spacial score (nSPS) is 20.6. The lowest BCUT2D eigenvalue weighted by Gasteiger charge is -2.41. The van der Waals surface area contributed by atoms with E-state index in [9.17, 15) is 0 Å². The summed E-state index contributed by atoms with van der Waals surface area (Å²) < 4.78 is 6.85. The molecule has 0 spiro atoms. The molecule has 0 radical (unpaired) electrons. The number of piperazine rings is 1. The molecule has 1 saturated carbocycles. The monoisotopic (exact) mass is 438 g/mol. The maximum Gasteiger partial charge on any atom is 0.123 e. The van der Waals surface area contributed by atoms with Crippen molar-refractivity contribution in [1.29, 1.82) is 0 Å². The minimum absolute atomic E-state index is 0. The van der Waals surface area contributed by atoms with Gasteiger partial charge in [0, 0.05) is 42.3 Å². The summed E-state index contributed by atoms with van der Waals surface area (Å²) in [6.45, 7) is 4.47. The van der Waals surface area contributed by atoms with Crippen LogP contribution in [0.15, 0.2) is 22.7 Å². The highest BCUT2D eigenvalue weighted by molar-refractivity contribution is 9.10.